The van der Waals surface area contributed by atoms with Crippen LogP contribution < -0.4 is 5.32 Å². The van der Waals surface area contributed by atoms with Crippen LogP contribution in [-0.4, -0.2) is 50.3 Å². The molecule has 2 aliphatic rings. The first-order valence-corrected chi connectivity index (χ1v) is 8.74. The summed E-state index contributed by atoms with van der Waals surface area (Å²) >= 11 is 1.44. The van der Waals surface area contributed by atoms with Gasteiger partial charge in [-0.2, -0.15) is 0 Å². The second kappa shape index (κ2) is 6.60. The Bertz CT molecular complexity index is 766. The zero-order valence-electron chi connectivity index (χ0n) is 14.1. The quantitative estimate of drug-likeness (QED) is 0.255. The number of carbonyl (C=O) groups is 3. The molecule has 1 N–H and O–H groups in total. The number of non-ortho nitro benzene ring substituents is 1. The molecule has 0 aromatic heterocycles. The van der Waals surface area contributed by atoms with Crippen LogP contribution in [0.15, 0.2) is 24.3 Å². The normalized spacial score (nSPS) is 25.8. The van der Waals surface area contributed by atoms with E-state index >= 15 is 0 Å². The van der Waals surface area contributed by atoms with Gasteiger partial charge in [-0.15, -0.1) is 11.8 Å². The van der Waals surface area contributed by atoms with Crippen LogP contribution in [0, 0.1) is 10.1 Å². The second-order valence-electron chi connectivity index (χ2n) is 6.55. The maximum Gasteiger partial charge on any atom is 0.330 e. The fraction of sp³-hybridized carbons (Fsp3) is 0.438. The van der Waals surface area contributed by atoms with Crippen molar-refractivity contribution in [3.8, 4) is 0 Å². The van der Waals surface area contributed by atoms with Gasteiger partial charge in [0.2, 0.25) is 12.3 Å². The van der Waals surface area contributed by atoms with E-state index in [4.69, 9.17) is 4.74 Å². The van der Waals surface area contributed by atoms with Crippen molar-refractivity contribution < 1.29 is 24.0 Å². The summed E-state index contributed by atoms with van der Waals surface area (Å²) in [5.41, 5.74) is 0.565. The van der Waals surface area contributed by atoms with E-state index in [1.165, 1.54) is 40.9 Å². The van der Waals surface area contributed by atoms with Crippen molar-refractivity contribution in [1.29, 1.82) is 0 Å². The summed E-state index contributed by atoms with van der Waals surface area (Å²) in [6, 6.07) is 4.33. The van der Waals surface area contributed by atoms with Crippen LogP contribution in [0.4, 0.5) is 5.69 Å². The van der Waals surface area contributed by atoms with Crippen LogP contribution in [-0.2, 0) is 25.7 Å². The number of nitro benzene ring substituents is 1. The molecular formula is C16H17N3O6S. The monoisotopic (exact) mass is 379 g/mol. The minimum Gasteiger partial charge on any atom is -0.459 e. The second-order valence-corrected chi connectivity index (χ2v) is 8.32. The molecule has 0 aliphatic carbocycles. The number of nitro groups is 1. The third-order valence-corrected chi connectivity index (χ3v) is 6.01. The summed E-state index contributed by atoms with van der Waals surface area (Å²) in [6.45, 7) is 3.65. The first kappa shape index (κ1) is 18.2. The number of hydrogen-bond acceptors (Lipinski definition) is 7. The predicted molar refractivity (Wildman–Crippen MR) is 92.0 cm³/mol. The summed E-state index contributed by atoms with van der Waals surface area (Å²) in [6.07, 6.45) is 0.480. The third kappa shape index (κ3) is 3.00. The summed E-state index contributed by atoms with van der Waals surface area (Å²) in [5.74, 6) is -0.848. The topological polar surface area (TPSA) is 119 Å². The maximum atomic E-state index is 12.6. The van der Waals surface area contributed by atoms with Gasteiger partial charge in [0, 0.05) is 16.9 Å². The highest BCUT2D eigenvalue weighted by molar-refractivity contribution is 8.01. The lowest BCUT2D eigenvalue weighted by Gasteiger charge is -2.43. The minimum atomic E-state index is -0.757. The number of fused-ring (bicyclic) bond motifs is 1. The van der Waals surface area contributed by atoms with Gasteiger partial charge in [0.05, 0.1) is 4.92 Å². The maximum absolute atomic E-state index is 12.6. The number of ether oxygens (including phenoxy) is 1. The molecule has 2 amide bonds. The molecule has 1 aromatic rings. The fourth-order valence-electron chi connectivity index (χ4n) is 3.17. The van der Waals surface area contributed by atoms with Gasteiger partial charge in [-0.3, -0.25) is 19.7 Å². The molecule has 3 rings (SSSR count). The van der Waals surface area contributed by atoms with Crippen molar-refractivity contribution in [3.05, 3.63) is 39.9 Å². The molecule has 3 atom stereocenters. The number of benzene rings is 1. The number of thioether (sulfide) groups is 1. The number of nitrogens with one attached hydrogen (secondary N) is 1. The van der Waals surface area contributed by atoms with Gasteiger partial charge in [0.25, 0.3) is 5.69 Å². The van der Waals surface area contributed by atoms with Crippen LogP contribution in [0.1, 0.15) is 19.4 Å². The molecule has 0 saturated carbocycles. The summed E-state index contributed by atoms with van der Waals surface area (Å²) in [7, 11) is 0. The Labute approximate surface area is 153 Å². The smallest absolute Gasteiger partial charge is 0.330 e. The van der Waals surface area contributed by atoms with Crippen molar-refractivity contribution in [2.75, 3.05) is 0 Å². The van der Waals surface area contributed by atoms with Crippen LogP contribution >= 0.6 is 11.8 Å². The highest BCUT2D eigenvalue weighted by Gasteiger charge is 2.64. The fourth-order valence-corrected chi connectivity index (χ4v) is 4.80. The van der Waals surface area contributed by atoms with Crippen molar-refractivity contribution >= 4 is 35.7 Å². The lowest BCUT2D eigenvalue weighted by atomic mass is 9.96. The number of nitrogens with zero attached hydrogens (tertiary/aromatic N) is 2. The third-order valence-electron chi connectivity index (χ3n) is 4.44. The Morgan fingerprint density at radius 3 is 2.65 bits per heavy atom. The van der Waals surface area contributed by atoms with E-state index in [0.29, 0.717) is 12.0 Å². The number of rotatable bonds is 6. The Kier molecular flexibility index (Phi) is 4.61. The van der Waals surface area contributed by atoms with Gasteiger partial charge >= 0.3 is 5.97 Å². The Morgan fingerprint density at radius 1 is 1.42 bits per heavy atom. The number of β-lactam (4-membered cyclic amide) rings is 1. The van der Waals surface area contributed by atoms with E-state index in [2.05, 4.69) is 5.32 Å². The van der Waals surface area contributed by atoms with Crippen molar-refractivity contribution in [2.24, 2.45) is 0 Å². The summed E-state index contributed by atoms with van der Waals surface area (Å²) < 4.78 is 4.77. The van der Waals surface area contributed by atoms with Gasteiger partial charge in [-0.1, -0.05) is 0 Å². The van der Waals surface area contributed by atoms with Gasteiger partial charge in [-0.05, 0) is 31.5 Å². The zero-order valence-corrected chi connectivity index (χ0v) is 14.9. The molecule has 1 aromatic carbocycles. The van der Waals surface area contributed by atoms with E-state index in [9.17, 15) is 24.5 Å². The highest BCUT2D eigenvalue weighted by atomic mass is 32.2. The number of esters is 1. The van der Waals surface area contributed by atoms with E-state index in [1.807, 2.05) is 13.8 Å². The first-order valence-electron chi connectivity index (χ1n) is 7.86. The Balaban J connectivity index is 1.66. The van der Waals surface area contributed by atoms with E-state index < -0.39 is 27.7 Å². The minimum absolute atomic E-state index is 0.0449. The van der Waals surface area contributed by atoms with E-state index in [0.717, 1.165) is 0 Å². The highest BCUT2D eigenvalue weighted by Crippen LogP contribution is 2.51. The molecule has 10 heteroatoms. The van der Waals surface area contributed by atoms with Crippen molar-refractivity contribution in [2.45, 2.75) is 42.7 Å². The molecule has 138 valence electrons. The zero-order chi connectivity index (χ0) is 19.1. The molecule has 0 spiro atoms. The largest absolute Gasteiger partial charge is 0.459 e. The molecule has 0 bridgehead atoms. The first-order chi connectivity index (χ1) is 12.3. The van der Waals surface area contributed by atoms with Crippen LogP contribution in [0.25, 0.3) is 0 Å². The Morgan fingerprint density at radius 2 is 2.08 bits per heavy atom. The molecule has 2 heterocycles. The SMILES string of the molecule is CC1(C)S[C@@H]2[C@H](NC=O)C(=O)N2[C@H]1C(=O)OCc1ccc([N+](=O)[O-])cc1. The predicted octanol–water partition coefficient (Wildman–Crippen LogP) is 0.815. The molecule has 9 nitrogen and oxygen atoms in total. The average Bonchev–Trinajstić information content (AvgIpc) is 2.86. The van der Waals surface area contributed by atoms with Crippen LogP contribution in [0.5, 0.6) is 0 Å². The van der Waals surface area contributed by atoms with Gasteiger partial charge in [0.15, 0.2) is 0 Å². The molecular weight excluding hydrogens is 362 g/mol. The molecule has 2 saturated heterocycles. The van der Waals surface area contributed by atoms with E-state index in [-0.39, 0.29) is 23.6 Å². The summed E-state index contributed by atoms with van der Waals surface area (Å²) in [5, 5.41) is 12.8. The van der Waals surface area contributed by atoms with Gasteiger partial charge in [0.1, 0.15) is 24.1 Å². The number of hydrogen-bond donors (Lipinski definition) is 1. The van der Waals surface area contributed by atoms with Crippen LogP contribution in [0.2, 0.25) is 0 Å². The average molecular weight is 379 g/mol. The summed E-state index contributed by atoms with van der Waals surface area (Å²) in [4.78, 5) is 47.0. The van der Waals surface area contributed by atoms with E-state index in [1.54, 1.807) is 0 Å². The van der Waals surface area contributed by atoms with Gasteiger partial charge < -0.3 is 15.0 Å². The number of carbonyl (C=O) groups excluding carboxylic acids is 3. The number of amides is 2. The standard InChI is InChI=1S/C16H17N3O6S/c1-16(2)12(18-13(21)11(17-8-20)14(18)26-16)15(22)25-7-9-3-5-10(6-4-9)19(23)24/h3-6,8,11-12,14H,7H2,1-2H3,(H,17,20)/t11-,12+,14-/m1/s1. The molecule has 2 aliphatic heterocycles. The molecule has 26 heavy (non-hydrogen) atoms. The molecule has 2 fully saturated rings. The van der Waals surface area contributed by atoms with Crippen molar-refractivity contribution in [3.63, 3.8) is 0 Å². The lowest BCUT2D eigenvalue weighted by Crippen LogP contribution is -2.69. The van der Waals surface area contributed by atoms with Crippen LogP contribution in [0.3, 0.4) is 0 Å². The lowest BCUT2D eigenvalue weighted by molar-refractivity contribution is -0.384. The molecule has 0 radical (unpaired) electrons. The van der Waals surface area contributed by atoms with Crippen molar-refractivity contribution in [1.82, 2.24) is 10.2 Å². The molecule has 0 unspecified atom stereocenters. The Hall–Kier alpha value is -2.62. The van der Waals surface area contributed by atoms with Gasteiger partial charge in [-0.25, -0.2) is 4.79 Å².